The molecule has 0 radical (unpaired) electrons. The van der Waals surface area contributed by atoms with Crippen molar-refractivity contribution in [2.45, 2.75) is 18.9 Å². The van der Waals surface area contributed by atoms with E-state index in [1.54, 1.807) is 0 Å². The van der Waals surface area contributed by atoms with Gasteiger partial charge >= 0.3 is 0 Å². The number of nitrogens with one attached hydrogen (secondary N) is 1. The molecule has 2 nitrogen and oxygen atoms in total. The summed E-state index contributed by atoms with van der Waals surface area (Å²) in [5.41, 5.74) is 1.21. The Bertz CT molecular complexity index is 549. The summed E-state index contributed by atoms with van der Waals surface area (Å²) in [6, 6.07) is 13.5. The van der Waals surface area contributed by atoms with Crippen LogP contribution in [0.15, 0.2) is 40.9 Å². The molecule has 2 aromatic carbocycles. The minimum absolute atomic E-state index is 0.548. The third-order valence-corrected chi connectivity index (χ3v) is 3.89. The molecule has 0 spiro atoms. The van der Waals surface area contributed by atoms with E-state index in [2.05, 4.69) is 57.6 Å². The molecular weight excluding hydrogens is 290 g/mol. The molecule has 2 aromatic rings. The van der Waals surface area contributed by atoms with E-state index in [1.807, 2.05) is 0 Å². The van der Waals surface area contributed by atoms with Gasteiger partial charge in [-0.2, -0.15) is 0 Å². The predicted octanol–water partition coefficient (Wildman–Crippen LogP) is 4.19. The van der Waals surface area contributed by atoms with Gasteiger partial charge in [0.25, 0.3) is 0 Å². The van der Waals surface area contributed by atoms with E-state index in [-0.39, 0.29) is 0 Å². The summed E-state index contributed by atoms with van der Waals surface area (Å²) >= 11 is 3.50. The summed E-state index contributed by atoms with van der Waals surface area (Å²) in [5, 5.41) is 6.13. The maximum atomic E-state index is 5.38. The first-order valence-electron chi connectivity index (χ1n) is 6.35. The van der Waals surface area contributed by atoms with Crippen molar-refractivity contribution in [3.63, 3.8) is 0 Å². The topological polar surface area (TPSA) is 21.3 Å². The zero-order chi connectivity index (χ0) is 12.4. The highest BCUT2D eigenvalue weighted by Crippen LogP contribution is 2.24. The molecule has 0 saturated carbocycles. The van der Waals surface area contributed by atoms with Crippen molar-refractivity contribution in [3.05, 3.63) is 40.9 Å². The second kappa shape index (κ2) is 5.29. The Labute approximate surface area is 115 Å². The van der Waals surface area contributed by atoms with Gasteiger partial charge in [-0.05, 0) is 47.9 Å². The Balaban J connectivity index is 1.82. The minimum Gasteiger partial charge on any atom is -0.382 e. The van der Waals surface area contributed by atoms with Crippen molar-refractivity contribution in [1.82, 2.24) is 0 Å². The predicted molar refractivity (Wildman–Crippen MR) is 79.1 cm³/mol. The third-order valence-electron chi connectivity index (χ3n) is 3.39. The lowest BCUT2D eigenvalue weighted by Gasteiger charge is -2.24. The lowest BCUT2D eigenvalue weighted by atomic mass is 10.1. The lowest BCUT2D eigenvalue weighted by molar-refractivity contribution is 0.0904. The summed E-state index contributed by atoms with van der Waals surface area (Å²) < 4.78 is 6.50. The minimum atomic E-state index is 0.548. The summed E-state index contributed by atoms with van der Waals surface area (Å²) in [5.74, 6) is 0. The fourth-order valence-electron chi connectivity index (χ4n) is 2.38. The fraction of sp³-hybridized carbons (Fsp3) is 0.333. The maximum absolute atomic E-state index is 5.38. The highest BCUT2D eigenvalue weighted by molar-refractivity contribution is 9.10. The molecule has 3 rings (SSSR count). The Morgan fingerprint density at radius 1 is 1.00 bits per heavy atom. The Hall–Kier alpha value is -1.06. The van der Waals surface area contributed by atoms with Gasteiger partial charge in [0.15, 0.2) is 0 Å². The number of fused-ring (bicyclic) bond motifs is 1. The quantitative estimate of drug-likeness (QED) is 0.898. The lowest BCUT2D eigenvalue weighted by Crippen LogP contribution is -2.27. The summed E-state index contributed by atoms with van der Waals surface area (Å²) in [7, 11) is 0. The largest absolute Gasteiger partial charge is 0.382 e. The number of rotatable bonds is 2. The number of halogens is 1. The van der Waals surface area contributed by atoms with Crippen LogP contribution in [-0.2, 0) is 4.74 Å². The highest BCUT2D eigenvalue weighted by atomic mass is 79.9. The molecule has 1 saturated heterocycles. The summed E-state index contributed by atoms with van der Waals surface area (Å²) in [6.45, 7) is 1.75. The molecule has 1 N–H and O–H groups in total. The van der Waals surface area contributed by atoms with Crippen molar-refractivity contribution < 1.29 is 4.74 Å². The second-order valence-corrected chi connectivity index (χ2v) is 5.65. The molecule has 0 bridgehead atoms. The standard InChI is InChI=1S/C15H16BrNO/c16-13-3-1-12-10-15(4-2-11(12)9-13)17-14-5-7-18-8-6-14/h1-4,9-10,14,17H,5-8H2. The van der Waals surface area contributed by atoms with Gasteiger partial charge in [-0.25, -0.2) is 0 Å². The van der Waals surface area contributed by atoms with Gasteiger partial charge in [-0.3, -0.25) is 0 Å². The van der Waals surface area contributed by atoms with E-state index in [9.17, 15) is 0 Å². The molecule has 0 aromatic heterocycles. The van der Waals surface area contributed by atoms with Gasteiger partial charge < -0.3 is 10.1 Å². The monoisotopic (exact) mass is 305 g/mol. The zero-order valence-corrected chi connectivity index (χ0v) is 11.7. The Morgan fingerprint density at radius 3 is 2.56 bits per heavy atom. The van der Waals surface area contributed by atoms with Crippen molar-refractivity contribution in [1.29, 1.82) is 0 Å². The summed E-state index contributed by atoms with van der Waals surface area (Å²) in [6.07, 6.45) is 2.19. The van der Waals surface area contributed by atoms with E-state index >= 15 is 0 Å². The molecule has 94 valence electrons. The SMILES string of the molecule is Brc1ccc2cc(NC3CCOCC3)ccc2c1. The van der Waals surface area contributed by atoms with Gasteiger partial charge in [0, 0.05) is 29.4 Å². The molecule has 0 unspecified atom stereocenters. The number of hydrogen-bond acceptors (Lipinski definition) is 2. The number of hydrogen-bond donors (Lipinski definition) is 1. The normalized spacial score (nSPS) is 16.9. The smallest absolute Gasteiger partial charge is 0.0485 e. The van der Waals surface area contributed by atoms with Crippen molar-refractivity contribution >= 4 is 32.4 Å². The molecule has 3 heteroatoms. The van der Waals surface area contributed by atoms with Crippen molar-refractivity contribution in [2.24, 2.45) is 0 Å². The number of benzene rings is 2. The van der Waals surface area contributed by atoms with E-state index in [0.29, 0.717) is 6.04 Å². The van der Waals surface area contributed by atoms with E-state index < -0.39 is 0 Å². The average Bonchev–Trinajstić information content (AvgIpc) is 2.40. The Kier molecular flexibility index (Phi) is 3.52. The Morgan fingerprint density at radius 2 is 1.72 bits per heavy atom. The molecule has 1 fully saturated rings. The first-order chi connectivity index (χ1) is 8.81. The number of anilines is 1. The van der Waals surface area contributed by atoms with E-state index in [4.69, 9.17) is 4.74 Å². The average molecular weight is 306 g/mol. The van der Waals surface area contributed by atoms with Gasteiger partial charge in [0.05, 0.1) is 0 Å². The van der Waals surface area contributed by atoms with E-state index in [1.165, 1.54) is 16.5 Å². The molecule has 1 aliphatic heterocycles. The van der Waals surface area contributed by atoms with Crippen LogP contribution < -0.4 is 5.32 Å². The van der Waals surface area contributed by atoms with Crippen LogP contribution in [0.5, 0.6) is 0 Å². The molecular formula is C15H16BrNO. The van der Waals surface area contributed by atoms with Crippen LogP contribution in [0.1, 0.15) is 12.8 Å². The van der Waals surface area contributed by atoms with Crippen LogP contribution in [0.25, 0.3) is 10.8 Å². The van der Waals surface area contributed by atoms with E-state index in [0.717, 1.165) is 30.5 Å². The zero-order valence-electron chi connectivity index (χ0n) is 10.2. The van der Waals surface area contributed by atoms with Gasteiger partial charge in [0.2, 0.25) is 0 Å². The molecule has 18 heavy (non-hydrogen) atoms. The first kappa shape index (κ1) is 12.0. The maximum Gasteiger partial charge on any atom is 0.0485 e. The molecule has 0 atom stereocenters. The summed E-state index contributed by atoms with van der Waals surface area (Å²) in [4.78, 5) is 0. The second-order valence-electron chi connectivity index (χ2n) is 4.74. The fourth-order valence-corrected chi connectivity index (χ4v) is 2.76. The van der Waals surface area contributed by atoms with Crippen LogP contribution in [0, 0.1) is 0 Å². The van der Waals surface area contributed by atoms with Crippen LogP contribution in [0.4, 0.5) is 5.69 Å². The third kappa shape index (κ3) is 2.68. The van der Waals surface area contributed by atoms with Gasteiger partial charge in [0.1, 0.15) is 0 Å². The van der Waals surface area contributed by atoms with Crippen molar-refractivity contribution in [3.8, 4) is 0 Å². The molecule has 1 aliphatic rings. The number of ether oxygens (including phenoxy) is 1. The molecule has 0 aliphatic carbocycles. The van der Waals surface area contributed by atoms with Crippen LogP contribution in [0.2, 0.25) is 0 Å². The van der Waals surface area contributed by atoms with Gasteiger partial charge in [-0.15, -0.1) is 0 Å². The molecule has 0 amide bonds. The van der Waals surface area contributed by atoms with Crippen molar-refractivity contribution in [2.75, 3.05) is 18.5 Å². The van der Waals surface area contributed by atoms with Crippen LogP contribution in [-0.4, -0.2) is 19.3 Å². The molecule has 1 heterocycles. The van der Waals surface area contributed by atoms with Crippen LogP contribution in [0.3, 0.4) is 0 Å². The first-order valence-corrected chi connectivity index (χ1v) is 7.14. The highest BCUT2D eigenvalue weighted by Gasteiger charge is 2.13. The van der Waals surface area contributed by atoms with Gasteiger partial charge in [-0.1, -0.05) is 28.1 Å². The van der Waals surface area contributed by atoms with Crippen LogP contribution >= 0.6 is 15.9 Å².